The van der Waals surface area contributed by atoms with Crippen molar-refractivity contribution in [3.8, 4) is 0 Å². The molecule has 2 atom stereocenters. The van der Waals surface area contributed by atoms with Gasteiger partial charge in [0.15, 0.2) is 0 Å². The molecule has 0 aromatic carbocycles. The van der Waals surface area contributed by atoms with Crippen LogP contribution >= 0.6 is 0 Å². The minimum absolute atomic E-state index is 0. The summed E-state index contributed by atoms with van der Waals surface area (Å²) in [4.78, 5) is 9.18. The molecule has 0 rings (SSSR count). The largest absolute Gasteiger partial charge is 0 e. The van der Waals surface area contributed by atoms with Gasteiger partial charge in [-0.3, -0.25) is 0 Å². The molecule has 0 heterocycles. The first-order valence-electron chi connectivity index (χ1n) is 2.92. The van der Waals surface area contributed by atoms with Crippen molar-refractivity contribution in [3.63, 3.8) is 0 Å². The van der Waals surface area contributed by atoms with Crippen LogP contribution in [0.5, 0.6) is 0 Å². The van der Waals surface area contributed by atoms with Gasteiger partial charge in [0, 0.05) is 27.3 Å². The van der Waals surface area contributed by atoms with E-state index in [4.69, 9.17) is 9.30 Å². The molecule has 0 spiro atoms. The topological polar surface area (TPSA) is 74.6 Å². The molecule has 0 saturated carbocycles. The Morgan fingerprint density at radius 1 is 1.64 bits per heavy atom. The SMILES string of the molecule is CCCC(C(=O)O)[Se](=O)O.[Pb]. The Balaban J connectivity index is 0. The summed E-state index contributed by atoms with van der Waals surface area (Å²) in [5, 5.41) is 8.35. The average molecular weight is 420 g/mol. The van der Waals surface area contributed by atoms with Crippen molar-refractivity contribution < 1.29 is 17.9 Å². The molecule has 11 heavy (non-hydrogen) atoms. The van der Waals surface area contributed by atoms with E-state index in [9.17, 15) is 8.63 Å². The Bertz CT molecular complexity index is 135. The number of carbonyl (C=O) groups is 1. The number of carboxylic acids is 1. The van der Waals surface area contributed by atoms with Gasteiger partial charge in [-0.2, -0.15) is 0 Å². The van der Waals surface area contributed by atoms with Gasteiger partial charge in [-0.05, 0) is 0 Å². The van der Waals surface area contributed by atoms with Gasteiger partial charge in [-0.15, -0.1) is 0 Å². The van der Waals surface area contributed by atoms with Crippen molar-refractivity contribution in [1.82, 2.24) is 0 Å². The van der Waals surface area contributed by atoms with Crippen LogP contribution in [0, 0.1) is 0 Å². The van der Waals surface area contributed by atoms with Crippen molar-refractivity contribution >= 4 is 47.4 Å². The van der Waals surface area contributed by atoms with E-state index in [2.05, 4.69) is 0 Å². The molecule has 0 aliphatic heterocycles. The van der Waals surface area contributed by atoms with Crippen LogP contribution in [0.15, 0.2) is 0 Å². The maximum Gasteiger partial charge on any atom is 0 e. The molecular formula is C5H10O4PbSe. The first-order chi connectivity index (χ1) is 4.59. The van der Waals surface area contributed by atoms with Gasteiger partial charge in [0.25, 0.3) is 0 Å². The molecule has 0 fully saturated rings. The molecule has 64 valence electrons. The molecule has 0 bridgehead atoms. The fraction of sp³-hybridized carbons (Fsp3) is 0.800. The van der Waals surface area contributed by atoms with E-state index in [0.29, 0.717) is 12.8 Å². The number of hydrogen-bond donors (Lipinski definition) is 2. The summed E-state index contributed by atoms with van der Waals surface area (Å²) in [7, 11) is 0. The normalized spacial score (nSPS) is 14.7. The van der Waals surface area contributed by atoms with Crippen molar-refractivity contribution in [2.75, 3.05) is 0 Å². The van der Waals surface area contributed by atoms with Gasteiger partial charge in [0.2, 0.25) is 0 Å². The molecule has 0 saturated heterocycles. The first-order valence-corrected chi connectivity index (χ1v) is 5.37. The zero-order chi connectivity index (χ0) is 8.15. The Hall–Kier alpha value is 0.672. The van der Waals surface area contributed by atoms with E-state index < -0.39 is 24.9 Å². The maximum atomic E-state index is 10.4. The molecule has 2 N–H and O–H groups in total. The summed E-state index contributed by atoms with van der Waals surface area (Å²) in [6.07, 6.45) is 0.916. The van der Waals surface area contributed by atoms with Crippen molar-refractivity contribution in [2.24, 2.45) is 0 Å². The van der Waals surface area contributed by atoms with Gasteiger partial charge < -0.3 is 0 Å². The van der Waals surface area contributed by atoms with E-state index in [1.165, 1.54) is 0 Å². The minimum atomic E-state index is -3.09. The first kappa shape index (κ1) is 14.2. The maximum absolute atomic E-state index is 10.4. The van der Waals surface area contributed by atoms with Gasteiger partial charge in [0.1, 0.15) is 0 Å². The van der Waals surface area contributed by atoms with E-state index in [1.807, 2.05) is 0 Å². The van der Waals surface area contributed by atoms with Crippen LogP contribution < -0.4 is 0 Å². The van der Waals surface area contributed by atoms with Gasteiger partial charge >= 0.3 is 62.6 Å². The average Bonchev–Trinajstić information content (AvgIpc) is 1.81. The zero-order valence-corrected chi connectivity index (χ0v) is 11.7. The molecule has 0 aliphatic carbocycles. The molecule has 2 unspecified atom stereocenters. The van der Waals surface area contributed by atoms with Crippen molar-refractivity contribution in [3.05, 3.63) is 0 Å². The van der Waals surface area contributed by atoms with E-state index in [0.717, 1.165) is 0 Å². The molecule has 0 aromatic heterocycles. The van der Waals surface area contributed by atoms with Crippen LogP contribution in [0.1, 0.15) is 19.8 Å². The van der Waals surface area contributed by atoms with Crippen molar-refractivity contribution in [1.29, 1.82) is 0 Å². The van der Waals surface area contributed by atoms with Crippen LogP contribution in [0.2, 0.25) is 4.82 Å². The second-order valence-electron chi connectivity index (χ2n) is 1.89. The zero-order valence-electron chi connectivity index (χ0n) is 6.11. The molecule has 0 aromatic rings. The van der Waals surface area contributed by atoms with Gasteiger partial charge in [-0.1, -0.05) is 0 Å². The van der Waals surface area contributed by atoms with Gasteiger partial charge in [0.05, 0.1) is 0 Å². The summed E-state index contributed by atoms with van der Waals surface area (Å²) in [5.41, 5.74) is 0. The molecule has 6 heteroatoms. The van der Waals surface area contributed by atoms with Crippen LogP contribution in [-0.4, -0.2) is 56.7 Å². The molecular weight excluding hydrogens is 410 g/mol. The third-order valence-corrected chi connectivity index (χ3v) is 3.01. The van der Waals surface area contributed by atoms with Gasteiger partial charge in [-0.25, -0.2) is 0 Å². The summed E-state index contributed by atoms with van der Waals surface area (Å²) >= 11 is -3.09. The Morgan fingerprint density at radius 2 is 2.09 bits per heavy atom. The second kappa shape index (κ2) is 7.33. The number of rotatable bonds is 4. The molecule has 0 amide bonds. The predicted octanol–water partition coefficient (Wildman–Crippen LogP) is -0.228. The number of carboxylic acid groups (broad SMARTS) is 1. The van der Waals surface area contributed by atoms with Crippen LogP contribution in [-0.2, 0) is 8.63 Å². The third-order valence-electron chi connectivity index (χ3n) is 1.07. The predicted molar refractivity (Wildman–Crippen MR) is 40.7 cm³/mol. The fourth-order valence-corrected chi connectivity index (χ4v) is 1.85. The standard InChI is InChI=1S/C5H10O4Se.Pb/c1-2-3-4(5(6)7)10(8)9;/h4H,2-3H2,1H3,(H,6,7)(H,8,9);. The summed E-state index contributed by atoms with van der Waals surface area (Å²) in [6, 6.07) is 0. The minimum Gasteiger partial charge on any atom is 0 e. The molecule has 0 aliphatic rings. The number of hydrogen-bond acceptors (Lipinski definition) is 2. The number of aliphatic carboxylic acids is 1. The molecule has 4 radical (unpaired) electrons. The van der Waals surface area contributed by atoms with Crippen LogP contribution in [0.4, 0.5) is 0 Å². The summed E-state index contributed by atoms with van der Waals surface area (Å²) in [5.74, 6) is -1.16. The summed E-state index contributed by atoms with van der Waals surface area (Å²) in [6.45, 7) is 1.78. The van der Waals surface area contributed by atoms with E-state index >= 15 is 0 Å². The van der Waals surface area contributed by atoms with E-state index in [-0.39, 0.29) is 27.3 Å². The smallest absolute Gasteiger partial charge is 0 e. The Morgan fingerprint density at radius 3 is 2.18 bits per heavy atom. The van der Waals surface area contributed by atoms with Crippen LogP contribution in [0.25, 0.3) is 0 Å². The Kier molecular flexibility index (Phi) is 9.47. The third kappa shape index (κ3) is 5.89. The van der Waals surface area contributed by atoms with Crippen LogP contribution in [0.3, 0.4) is 0 Å². The quantitative estimate of drug-likeness (QED) is 0.617. The molecule has 4 nitrogen and oxygen atoms in total. The Labute approximate surface area is 89.6 Å². The van der Waals surface area contributed by atoms with Crippen molar-refractivity contribution in [2.45, 2.75) is 24.6 Å². The summed E-state index contributed by atoms with van der Waals surface area (Å²) < 4.78 is 18.9. The fourth-order valence-electron chi connectivity index (χ4n) is 0.573. The second-order valence-corrected chi connectivity index (χ2v) is 4.24. The van der Waals surface area contributed by atoms with E-state index in [1.54, 1.807) is 6.92 Å². The monoisotopic (exact) mass is 422 g/mol.